The maximum absolute atomic E-state index is 12.1. The molecule has 2 rings (SSSR count). The van der Waals surface area contributed by atoms with Crippen molar-refractivity contribution < 1.29 is 4.79 Å². The van der Waals surface area contributed by atoms with Gasteiger partial charge >= 0.3 is 0 Å². The van der Waals surface area contributed by atoms with E-state index in [1.165, 1.54) is 6.20 Å². The summed E-state index contributed by atoms with van der Waals surface area (Å²) in [4.78, 5) is 16.0. The second-order valence-electron chi connectivity index (χ2n) is 3.72. The summed E-state index contributed by atoms with van der Waals surface area (Å²) >= 11 is 0. The number of pyridine rings is 1. The summed E-state index contributed by atoms with van der Waals surface area (Å²) in [5, 5.41) is 0. The van der Waals surface area contributed by atoms with Crippen molar-refractivity contribution in [1.82, 2.24) is 4.98 Å². The number of benzene rings is 1. The van der Waals surface area contributed by atoms with Crippen molar-refractivity contribution in [3.63, 3.8) is 0 Å². The van der Waals surface area contributed by atoms with E-state index in [-0.39, 0.29) is 5.78 Å². The molecule has 0 spiro atoms. The second kappa shape index (κ2) is 4.76. The smallest absolute Gasteiger partial charge is 0.187 e. The van der Waals surface area contributed by atoms with Crippen LogP contribution < -0.4 is 11.5 Å². The van der Waals surface area contributed by atoms with E-state index in [0.29, 0.717) is 11.3 Å². The fourth-order valence-electron chi connectivity index (χ4n) is 1.59. The molecular formula is C13H13N3O. The Balaban J connectivity index is 2.30. The molecule has 4 nitrogen and oxygen atoms in total. The molecule has 1 atom stereocenters. The van der Waals surface area contributed by atoms with Gasteiger partial charge in [0.1, 0.15) is 0 Å². The number of hydrogen-bond donors (Lipinski definition) is 2. The Hall–Kier alpha value is -2.20. The first-order valence-electron chi connectivity index (χ1n) is 5.24. The highest BCUT2D eigenvalue weighted by Crippen LogP contribution is 2.19. The Kier molecular flexibility index (Phi) is 3.16. The van der Waals surface area contributed by atoms with E-state index in [0.717, 1.165) is 5.56 Å². The highest BCUT2D eigenvalue weighted by atomic mass is 16.1. The Bertz CT molecular complexity index is 525. The predicted molar refractivity (Wildman–Crippen MR) is 66.4 cm³/mol. The Morgan fingerprint density at radius 3 is 2.53 bits per heavy atom. The van der Waals surface area contributed by atoms with E-state index in [2.05, 4.69) is 4.98 Å². The summed E-state index contributed by atoms with van der Waals surface area (Å²) < 4.78 is 0. The molecule has 86 valence electrons. The molecule has 0 amide bonds. The van der Waals surface area contributed by atoms with Crippen LogP contribution >= 0.6 is 0 Å². The van der Waals surface area contributed by atoms with Crippen LogP contribution in [0.25, 0.3) is 0 Å². The summed E-state index contributed by atoms with van der Waals surface area (Å²) in [6.07, 6.45) is 2.99. The maximum Gasteiger partial charge on any atom is 0.187 e. The molecule has 0 saturated carbocycles. The molecule has 1 aromatic heterocycles. The number of nitrogens with two attached hydrogens (primary N) is 2. The van der Waals surface area contributed by atoms with Crippen LogP contribution in [0.2, 0.25) is 0 Å². The van der Waals surface area contributed by atoms with Crippen LogP contribution in [0.3, 0.4) is 0 Å². The fourth-order valence-corrected chi connectivity index (χ4v) is 1.59. The average Bonchev–Trinajstić information content (AvgIpc) is 2.39. The minimum absolute atomic E-state index is 0.221. The lowest BCUT2D eigenvalue weighted by molar-refractivity contribution is 0.0962. The van der Waals surface area contributed by atoms with Gasteiger partial charge in [0.2, 0.25) is 0 Å². The molecule has 0 saturated heterocycles. The molecular weight excluding hydrogens is 214 g/mol. The summed E-state index contributed by atoms with van der Waals surface area (Å²) in [5.41, 5.74) is 13.2. The minimum Gasteiger partial charge on any atom is -0.398 e. The van der Waals surface area contributed by atoms with Crippen LogP contribution in [0.1, 0.15) is 22.0 Å². The first kappa shape index (κ1) is 11.3. The number of nitrogens with zero attached hydrogens (tertiary/aromatic N) is 1. The van der Waals surface area contributed by atoms with Crippen molar-refractivity contribution >= 4 is 11.5 Å². The Morgan fingerprint density at radius 2 is 1.88 bits per heavy atom. The van der Waals surface area contributed by atoms with Crippen LogP contribution in [-0.4, -0.2) is 10.8 Å². The van der Waals surface area contributed by atoms with Gasteiger partial charge in [0.15, 0.2) is 5.78 Å². The molecule has 0 bridgehead atoms. The van der Waals surface area contributed by atoms with Gasteiger partial charge in [-0.1, -0.05) is 30.3 Å². The van der Waals surface area contributed by atoms with Crippen molar-refractivity contribution in [3.8, 4) is 0 Å². The Morgan fingerprint density at radius 1 is 1.18 bits per heavy atom. The average molecular weight is 227 g/mol. The minimum atomic E-state index is -0.706. The molecule has 4 N–H and O–H groups in total. The van der Waals surface area contributed by atoms with Crippen molar-refractivity contribution in [2.24, 2.45) is 5.73 Å². The monoisotopic (exact) mass is 227 g/mol. The molecule has 0 aliphatic carbocycles. The lowest BCUT2D eigenvalue weighted by atomic mass is 9.98. The normalized spacial score (nSPS) is 12.1. The zero-order valence-electron chi connectivity index (χ0n) is 9.21. The predicted octanol–water partition coefficient (Wildman–Crippen LogP) is 1.55. The van der Waals surface area contributed by atoms with Gasteiger partial charge in [-0.3, -0.25) is 9.78 Å². The highest BCUT2D eigenvalue weighted by molar-refractivity contribution is 6.04. The third-order valence-electron chi connectivity index (χ3n) is 2.56. The third kappa shape index (κ3) is 2.32. The highest BCUT2D eigenvalue weighted by Gasteiger charge is 2.19. The molecule has 2 aromatic rings. The SMILES string of the molecule is Nc1ccncc1C(=O)[C@H](N)c1ccccc1. The summed E-state index contributed by atoms with van der Waals surface area (Å²) in [5.74, 6) is -0.221. The molecule has 0 aliphatic rings. The van der Waals surface area contributed by atoms with E-state index in [1.807, 2.05) is 30.3 Å². The number of aromatic nitrogens is 1. The summed E-state index contributed by atoms with van der Waals surface area (Å²) in [6.45, 7) is 0. The van der Waals surface area contributed by atoms with E-state index in [9.17, 15) is 4.79 Å². The van der Waals surface area contributed by atoms with Gasteiger partial charge in [0.25, 0.3) is 0 Å². The van der Waals surface area contributed by atoms with Crippen molar-refractivity contribution in [1.29, 1.82) is 0 Å². The van der Waals surface area contributed by atoms with Crippen LogP contribution in [0.4, 0.5) is 5.69 Å². The standard InChI is InChI=1S/C13H13N3O/c14-11-6-7-16-8-10(11)13(17)12(15)9-4-2-1-3-5-9/h1-8,12H,15H2,(H2,14,16)/t12-/m1/s1. The van der Waals surface area contributed by atoms with Gasteiger partial charge in [-0.25, -0.2) is 0 Å². The topological polar surface area (TPSA) is 82.0 Å². The number of anilines is 1. The van der Waals surface area contributed by atoms with Crippen LogP contribution in [0.5, 0.6) is 0 Å². The molecule has 1 aromatic carbocycles. The van der Waals surface area contributed by atoms with Crippen molar-refractivity contribution in [3.05, 3.63) is 59.9 Å². The lowest BCUT2D eigenvalue weighted by Crippen LogP contribution is -2.22. The molecule has 0 fully saturated rings. The second-order valence-corrected chi connectivity index (χ2v) is 3.72. The van der Waals surface area contributed by atoms with E-state index < -0.39 is 6.04 Å². The van der Waals surface area contributed by atoms with Crippen LogP contribution in [-0.2, 0) is 0 Å². The van der Waals surface area contributed by atoms with Gasteiger partial charge in [0, 0.05) is 18.1 Å². The summed E-state index contributed by atoms with van der Waals surface area (Å²) in [7, 11) is 0. The first-order chi connectivity index (χ1) is 8.20. The van der Waals surface area contributed by atoms with Crippen LogP contribution in [0.15, 0.2) is 48.8 Å². The van der Waals surface area contributed by atoms with Gasteiger partial charge in [-0.05, 0) is 11.6 Å². The van der Waals surface area contributed by atoms with Crippen molar-refractivity contribution in [2.45, 2.75) is 6.04 Å². The fraction of sp³-hybridized carbons (Fsp3) is 0.0769. The van der Waals surface area contributed by atoms with E-state index in [1.54, 1.807) is 12.3 Å². The molecule has 4 heteroatoms. The van der Waals surface area contributed by atoms with Gasteiger partial charge in [-0.2, -0.15) is 0 Å². The van der Waals surface area contributed by atoms with Gasteiger partial charge < -0.3 is 11.5 Å². The molecule has 0 radical (unpaired) electrons. The molecule has 17 heavy (non-hydrogen) atoms. The number of Topliss-reactive ketones (excluding diaryl/α,β-unsaturated/α-hetero) is 1. The number of carbonyl (C=O) groups is 1. The zero-order valence-corrected chi connectivity index (χ0v) is 9.21. The third-order valence-corrected chi connectivity index (χ3v) is 2.56. The Labute approximate surface area is 99.3 Å². The molecule has 0 aliphatic heterocycles. The largest absolute Gasteiger partial charge is 0.398 e. The van der Waals surface area contributed by atoms with E-state index in [4.69, 9.17) is 11.5 Å². The zero-order chi connectivity index (χ0) is 12.3. The summed E-state index contributed by atoms with van der Waals surface area (Å²) in [6, 6.07) is 10.1. The number of rotatable bonds is 3. The first-order valence-corrected chi connectivity index (χ1v) is 5.24. The van der Waals surface area contributed by atoms with E-state index >= 15 is 0 Å². The number of nitrogen functional groups attached to an aromatic ring is 1. The quantitative estimate of drug-likeness (QED) is 0.779. The molecule has 0 unspecified atom stereocenters. The van der Waals surface area contributed by atoms with Crippen molar-refractivity contribution in [2.75, 3.05) is 5.73 Å². The van der Waals surface area contributed by atoms with Gasteiger partial charge in [0.05, 0.1) is 11.6 Å². The number of ketones is 1. The van der Waals surface area contributed by atoms with Gasteiger partial charge in [-0.15, -0.1) is 0 Å². The number of carbonyl (C=O) groups excluding carboxylic acids is 1. The van der Waals surface area contributed by atoms with Crippen LogP contribution in [0, 0.1) is 0 Å². The maximum atomic E-state index is 12.1. The molecule has 1 heterocycles. The lowest BCUT2D eigenvalue weighted by Gasteiger charge is -2.11. The number of hydrogen-bond acceptors (Lipinski definition) is 4.